The molecule has 1 heterocycles. The minimum absolute atomic E-state index is 0.146. The molecular formula is C13H16N4O4S2. The third kappa shape index (κ3) is 4.98. The minimum Gasteiger partial charge on any atom is -0.497 e. The molecule has 0 aliphatic rings. The van der Waals surface area contributed by atoms with Crippen LogP contribution in [0.4, 0.5) is 5.13 Å². The molecule has 0 saturated carbocycles. The number of carbonyl (C=O) groups excluding carboxylic acids is 1. The maximum Gasteiger partial charge on any atom is 0.269 e. The summed E-state index contributed by atoms with van der Waals surface area (Å²) in [6, 6.07) is 7.36. The van der Waals surface area contributed by atoms with E-state index in [0.717, 1.165) is 22.6 Å². The first-order chi connectivity index (χ1) is 10.9. The molecule has 2 N–H and O–H groups in total. The van der Waals surface area contributed by atoms with E-state index < -0.39 is 10.0 Å². The molecule has 0 radical (unpaired) electrons. The average molecular weight is 356 g/mol. The van der Waals surface area contributed by atoms with Crippen molar-refractivity contribution < 1.29 is 17.9 Å². The Labute approximate surface area is 137 Å². The maximum absolute atomic E-state index is 12.1. The molecule has 1 aromatic heterocycles. The highest BCUT2D eigenvalue weighted by molar-refractivity contribution is 7.91. The number of aromatic nitrogens is 2. The Morgan fingerprint density at radius 3 is 2.57 bits per heavy atom. The van der Waals surface area contributed by atoms with Crippen LogP contribution in [0.5, 0.6) is 5.75 Å². The lowest BCUT2D eigenvalue weighted by molar-refractivity contribution is -0.114. The first-order valence-electron chi connectivity index (χ1n) is 6.64. The first-order valence-corrected chi connectivity index (χ1v) is 8.94. The van der Waals surface area contributed by atoms with Crippen LogP contribution in [0.15, 0.2) is 28.6 Å². The van der Waals surface area contributed by atoms with E-state index in [4.69, 9.17) is 4.74 Å². The molecule has 0 saturated heterocycles. The Hall–Kier alpha value is -2.04. The van der Waals surface area contributed by atoms with E-state index in [1.165, 1.54) is 6.92 Å². The van der Waals surface area contributed by atoms with Gasteiger partial charge in [0.05, 0.1) is 7.11 Å². The smallest absolute Gasteiger partial charge is 0.269 e. The Bertz CT molecular complexity index is 772. The summed E-state index contributed by atoms with van der Waals surface area (Å²) in [7, 11) is -2.16. The first kappa shape index (κ1) is 17.3. The third-order valence-electron chi connectivity index (χ3n) is 2.78. The second kappa shape index (κ2) is 7.49. The van der Waals surface area contributed by atoms with E-state index in [2.05, 4.69) is 20.2 Å². The number of hydrogen-bond donors (Lipinski definition) is 2. The van der Waals surface area contributed by atoms with Gasteiger partial charge in [0.15, 0.2) is 0 Å². The van der Waals surface area contributed by atoms with E-state index in [9.17, 15) is 13.2 Å². The minimum atomic E-state index is -3.74. The average Bonchev–Trinajstić information content (AvgIpc) is 2.96. The van der Waals surface area contributed by atoms with Gasteiger partial charge in [0.2, 0.25) is 15.4 Å². The Balaban J connectivity index is 1.92. The molecule has 0 fully saturated rings. The third-order valence-corrected chi connectivity index (χ3v) is 5.45. The number of amides is 1. The number of hydrogen-bond acceptors (Lipinski definition) is 7. The zero-order valence-electron chi connectivity index (χ0n) is 12.6. The van der Waals surface area contributed by atoms with Gasteiger partial charge in [0.25, 0.3) is 10.0 Å². The van der Waals surface area contributed by atoms with Gasteiger partial charge in [-0.1, -0.05) is 23.5 Å². The molecular weight excluding hydrogens is 340 g/mol. The van der Waals surface area contributed by atoms with Crippen LogP contribution in [-0.2, 0) is 21.2 Å². The van der Waals surface area contributed by atoms with E-state index >= 15 is 0 Å². The van der Waals surface area contributed by atoms with E-state index in [1.54, 1.807) is 7.11 Å². The predicted molar refractivity (Wildman–Crippen MR) is 86.1 cm³/mol. The van der Waals surface area contributed by atoms with Crippen molar-refractivity contribution in [2.24, 2.45) is 0 Å². The second-order valence-corrected chi connectivity index (χ2v) is 7.47. The summed E-state index contributed by atoms with van der Waals surface area (Å²) in [4.78, 5) is 10.9. The van der Waals surface area contributed by atoms with Gasteiger partial charge >= 0.3 is 0 Å². The van der Waals surface area contributed by atoms with Crippen molar-refractivity contribution in [2.45, 2.75) is 17.7 Å². The SMILES string of the molecule is COc1ccc(CCNS(=O)(=O)c2nnc(NC(C)=O)s2)cc1. The van der Waals surface area contributed by atoms with Gasteiger partial charge in [-0.25, -0.2) is 13.1 Å². The fourth-order valence-electron chi connectivity index (χ4n) is 1.70. The van der Waals surface area contributed by atoms with Crippen LogP contribution in [-0.4, -0.2) is 38.2 Å². The molecule has 124 valence electrons. The van der Waals surface area contributed by atoms with Crippen LogP contribution in [0.3, 0.4) is 0 Å². The number of sulfonamides is 1. The van der Waals surface area contributed by atoms with Crippen LogP contribution in [0, 0.1) is 0 Å². The molecule has 1 aromatic carbocycles. The van der Waals surface area contributed by atoms with E-state index in [1.807, 2.05) is 24.3 Å². The monoisotopic (exact) mass is 356 g/mol. The summed E-state index contributed by atoms with van der Waals surface area (Å²) in [6.45, 7) is 1.53. The van der Waals surface area contributed by atoms with Gasteiger partial charge in [-0.05, 0) is 24.1 Å². The summed E-state index contributed by atoms with van der Waals surface area (Å²) < 4.78 is 31.5. The fourth-order valence-corrected chi connectivity index (χ4v) is 3.72. The molecule has 1 amide bonds. The van der Waals surface area contributed by atoms with Crippen LogP contribution < -0.4 is 14.8 Å². The van der Waals surface area contributed by atoms with Crippen LogP contribution in [0.1, 0.15) is 12.5 Å². The molecule has 0 bridgehead atoms. The van der Waals surface area contributed by atoms with Gasteiger partial charge in [-0.3, -0.25) is 4.79 Å². The molecule has 0 aliphatic heterocycles. The summed E-state index contributed by atoms with van der Waals surface area (Å²) in [5.74, 6) is 0.409. The largest absolute Gasteiger partial charge is 0.497 e. The normalized spacial score (nSPS) is 11.2. The maximum atomic E-state index is 12.1. The van der Waals surface area contributed by atoms with Crippen LogP contribution in [0.2, 0.25) is 0 Å². The summed E-state index contributed by atoms with van der Waals surface area (Å²) in [5.41, 5.74) is 0.977. The lowest BCUT2D eigenvalue weighted by Crippen LogP contribution is -2.25. The number of carbonyl (C=O) groups is 1. The van der Waals surface area contributed by atoms with Crippen LogP contribution >= 0.6 is 11.3 Å². The van der Waals surface area contributed by atoms with Crippen LogP contribution in [0.25, 0.3) is 0 Å². The zero-order chi connectivity index (χ0) is 16.9. The number of benzene rings is 1. The van der Waals surface area contributed by atoms with Gasteiger partial charge in [-0.15, -0.1) is 10.2 Å². The van der Waals surface area contributed by atoms with Crippen molar-refractivity contribution in [2.75, 3.05) is 19.0 Å². The van der Waals surface area contributed by atoms with Gasteiger partial charge in [0.1, 0.15) is 5.75 Å². The molecule has 0 atom stereocenters. The van der Waals surface area contributed by atoms with Gasteiger partial charge < -0.3 is 10.1 Å². The quantitative estimate of drug-likeness (QED) is 0.717. The van der Waals surface area contributed by atoms with Crippen molar-refractivity contribution >= 4 is 32.4 Å². The van der Waals surface area contributed by atoms with E-state index in [-0.39, 0.29) is 21.9 Å². The Morgan fingerprint density at radius 1 is 1.26 bits per heavy atom. The molecule has 10 heteroatoms. The summed E-state index contributed by atoms with van der Waals surface area (Å²) in [6.07, 6.45) is 0.528. The number of nitrogens with zero attached hydrogens (tertiary/aromatic N) is 2. The van der Waals surface area contributed by atoms with Crippen molar-refractivity contribution in [3.05, 3.63) is 29.8 Å². The number of ether oxygens (including phenoxy) is 1. The number of rotatable bonds is 7. The van der Waals surface area contributed by atoms with E-state index in [0.29, 0.717) is 6.42 Å². The highest BCUT2D eigenvalue weighted by atomic mass is 32.2. The lowest BCUT2D eigenvalue weighted by Gasteiger charge is -2.05. The molecule has 8 nitrogen and oxygen atoms in total. The summed E-state index contributed by atoms with van der Waals surface area (Å²) in [5, 5.41) is 9.73. The number of anilines is 1. The molecule has 2 aromatic rings. The predicted octanol–water partition coefficient (Wildman–Crippen LogP) is 1.03. The van der Waals surface area contributed by atoms with Crippen molar-refractivity contribution in [3.63, 3.8) is 0 Å². The number of methoxy groups -OCH3 is 1. The zero-order valence-corrected chi connectivity index (χ0v) is 14.2. The second-order valence-electron chi connectivity index (χ2n) is 4.55. The van der Waals surface area contributed by atoms with Gasteiger partial charge in [0, 0.05) is 13.5 Å². The molecule has 0 spiro atoms. The lowest BCUT2D eigenvalue weighted by atomic mass is 10.1. The van der Waals surface area contributed by atoms with Crippen molar-refractivity contribution in [1.82, 2.24) is 14.9 Å². The topological polar surface area (TPSA) is 110 Å². The molecule has 2 rings (SSSR count). The highest BCUT2D eigenvalue weighted by Gasteiger charge is 2.20. The molecule has 0 aliphatic carbocycles. The Morgan fingerprint density at radius 2 is 1.96 bits per heavy atom. The number of nitrogens with one attached hydrogen (secondary N) is 2. The molecule has 0 unspecified atom stereocenters. The molecule has 23 heavy (non-hydrogen) atoms. The Kier molecular flexibility index (Phi) is 5.64. The van der Waals surface area contributed by atoms with Crippen molar-refractivity contribution in [1.29, 1.82) is 0 Å². The van der Waals surface area contributed by atoms with Crippen molar-refractivity contribution in [3.8, 4) is 5.75 Å². The fraction of sp³-hybridized carbons (Fsp3) is 0.308. The standard InChI is InChI=1S/C13H16N4O4S2/c1-9(18)15-12-16-17-13(22-12)23(19,20)14-8-7-10-3-5-11(21-2)6-4-10/h3-6,14H,7-8H2,1-2H3,(H,15,16,18). The summed E-state index contributed by atoms with van der Waals surface area (Å²) >= 11 is 0.798. The highest BCUT2D eigenvalue weighted by Crippen LogP contribution is 2.19. The van der Waals surface area contributed by atoms with Gasteiger partial charge in [-0.2, -0.15) is 0 Å².